The Kier molecular flexibility index (Phi) is 7.38. The van der Waals surface area contributed by atoms with Crippen LogP contribution in [0.4, 0.5) is 0 Å². The predicted molar refractivity (Wildman–Crippen MR) is 114 cm³/mol. The molecular formula is C20H28ClN3O5S. The largest absolute Gasteiger partial charge is 0.468 e. The van der Waals surface area contributed by atoms with Crippen molar-refractivity contribution in [1.29, 1.82) is 0 Å². The van der Waals surface area contributed by atoms with E-state index in [1.165, 1.54) is 17.7 Å². The summed E-state index contributed by atoms with van der Waals surface area (Å²) in [7, 11) is -1.85. The number of benzene rings is 1. The molecule has 1 aromatic rings. The second-order valence-electron chi connectivity index (χ2n) is 7.74. The average Bonchev–Trinajstić information content (AvgIpc) is 2.74. The van der Waals surface area contributed by atoms with Gasteiger partial charge in [-0.1, -0.05) is 29.8 Å². The van der Waals surface area contributed by atoms with Crippen LogP contribution in [0, 0.1) is 5.92 Å². The number of rotatable bonds is 5. The lowest BCUT2D eigenvalue weighted by molar-refractivity contribution is -0.149. The number of piperazine rings is 1. The lowest BCUT2D eigenvalue weighted by Gasteiger charge is -2.40. The number of esters is 1. The van der Waals surface area contributed by atoms with Gasteiger partial charge >= 0.3 is 5.97 Å². The van der Waals surface area contributed by atoms with Gasteiger partial charge in [0.2, 0.25) is 15.9 Å². The Morgan fingerprint density at radius 3 is 2.20 bits per heavy atom. The molecule has 8 nitrogen and oxygen atoms in total. The maximum absolute atomic E-state index is 12.9. The number of halogens is 1. The molecule has 3 rings (SSSR count). The van der Waals surface area contributed by atoms with Crippen molar-refractivity contribution in [2.24, 2.45) is 5.92 Å². The van der Waals surface area contributed by atoms with Crippen LogP contribution in [0.1, 0.15) is 24.4 Å². The van der Waals surface area contributed by atoms with E-state index in [4.69, 9.17) is 16.3 Å². The van der Waals surface area contributed by atoms with Crippen molar-refractivity contribution in [3.63, 3.8) is 0 Å². The van der Waals surface area contributed by atoms with E-state index in [2.05, 4.69) is 0 Å². The number of carbonyl (C=O) groups is 2. The van der Waals surface area contributed by atoms with Gasteiger partial charge in [0.15, 0.2) is 0 Å². The van der Waals surface area contributed by atoms with Gasteiger partial charge in [0.1, 0.15) is 6.04 Å². The van der Waals surface area contributed by atoms with Crippen LogP contribution in [0.5, 0.6) is 0 Å². The van der Waals surface area contributed by atoms with Crippen LogP contribution >= 0.6 is 11.6 Å². The number of hydrogen-bond acceptors (Lipinski definition) is 6. The number of piperidine rings is 1. The first-order valence-corrected chi connectivity index (χ1v) is 12.2. The van der Waals surface area contributed by atoms with Crippen molar-refractivity contribution in [3.05, 3.63) is 34.9 Å². The summed E-state index contributed by atoms with van der Waals surface area (Å²) in [6.45, 7) is 2.82. The van der Waals surface area contributed by atoms with Gasteiger partial charge in [-0.25, -0.2) is 17.5 Å². The minimum atomic E-state index is -3.21. The summed E-state index contributed by atoms with van der Waals surface area (Å²) < 4.78 is 29.8. The lowest BCUT2D eigenvalue weighted by atomic mass is 9.96. The zero-order valence-electron chi connectivity index (χ0n) is 17.3. The summed E-state index contributed by atoms with van der Waals surface area (Å²) >= 11 is 6.32. The van der Waals surface area contributed by atoms with Gasteiger partial charge < -0.3 is 9.64 Å². The average molecular weight is 458 g/mol. The summed E-state index contributed by atoms with van der Waals surface area (Å²) in [6, 6.07) is 6.59. The second-order valence-corrected chi connectivity index (χ2v) is 10.1. The van der Waals surface area contributed by atoms with Crippen molar-refractivity contribution in [2.75, 3.05) is 52.6 Å². The topological polar surface area (TPSA) is 87.2 Å². The van der Waals surface area contributed by atoms with Crippen LogP contribution in [0.15, 0.2) is 24.3 Å². The molecule has 0 saturated carbocycles. The zero-order chi connectivity index (χ0) is 21.9. The molecule has 2 fully saturated rings. The quantitative estimate of drug-likeness (QED) is 0.620. The molecule has 0 radical (unpaired) electrons. The Morgan fingerprint density at radius 2 is 1.67 bits per heavy atom. The molecule has 30 heavy (non-hydrogen) atoms. The highest BCUT2D eigenvalue weighted by molar-refractivity contribution is 7.88. The third kappa shape index (κ3) is 5.14. The Labute approximate surface area is 182 Å². The highest BCUT2D eigenvalue weighted by Crippen LogP contribution is 2.30. The first-order valence-electron chi connectivity index (χ1n) is 10.0. The molecule has 2 saturated heterocycles. The number of sulfonamides is 1. The van der Waals surface area contributed by atoms with E-state index in [0.29, 0.717) is 62.7 Å². The second kappa shape index (κ2) is 9.64. The molecular weight excluding hydrogens is 430 g/mol. The molecule has 2 aliphatic rings. The molecule has 0 unspecified atom stereocenters. The Balaban J connectivity index is 1.61. The fourth-order valence-corrected chi connectivity index (χ4v) is 5.29. The SMILES string of the molecule is COC(=O)[C@H](c1ccccc1Cl)N1CCN(C(=O)C2CCN(S(C)(=O)=O)CC2)CC1. The van der Waals surface area contributed by atoms with Gasteiger partial charge in [-0.2, -0.15) is 0 Å². The minimum absolute atomic E-state index is 0.0650. The third-order valence-electron chi connectivity index (χ3n) is 5.89. The van der Waals surface area contributed by atoms with Gasteiger partial charge in [-0.3, -0.25) is 9.69 Å². The van der Waals surface area contributed by atoms with Crippen LogP contribution in [0.3, 0.4) is 0 Å². The monoisotopic (exact) mass is 457 g/mol. The molecule has 166 valence electrons. The molecule has 0 bridgehead atoms. The first kappa shape index (κ1) is 23.0. The van der Waals surface area contributed by atoms with E-state index < -0.39 is 16.1 Å². The summed E-state index contributed by atoms with van der Waals surface area (Å²) in [6.07, 6.45) is 2.28. The molecule has 0 N–H and O–H groups in total. The number of hydrogen-bond donors (Lipinski definition) is 0. The van der Waals surface area contributed by atoms with E-state index in [0.717, 1.165) is 0 Å². The van der Waals surface area contributed by atoms with Gasteiger partial charge in [0.25, 0.3) is 0 Å². The van der Waals surface area contributed by atoms with Crippen LogP contribution in [-0.4, -0.2) is 87.0 Å². The highest BCUT2D eigenvalue weighted by Gasteiger charge is 2.36. The van der Waals surface area contributed by atoms with E-state index in [1.54, 1.807) is 6.07 Å². The molecule has 10 heteroatoms. The van der Waals surface area contributed by atoms with Crippen molar-refractivity contribution in [1.82, 2.24) is 14.1 Å². The van der Waals surface area contributed by atoms with Crippen LogP contribution in [0.2, 0.25) is 5.02 Å². The van der Waals surface area contributed by atoms with Gasteiger partial charge in [-0.15, -0.1) is 0 Å². The van der Waals surface area contributed by atoms with E-state index in [1.807, 2.05) is 28.0 Å². The minimum Gasteiger partial charge on any atom is -0.468 e. The molecule has 1 amide bonds. The first-order chi connectivity index (χ1) is 14.2. The molecule has 0 aliphatic carbocycles. The standard InChI is InChI=1S/C20H28ClN3O5S/c1-29-20(26)18(16-5-3-4-6-17(16)21)22-11-13-23(14-12-22)19(25)15-7-9-24(10-8-15)30(2,27)28/h3-6,15,18H,7-14H2,1-2H3/t18-/m0/s1. The summed E-state index contributed by atoms with van der Waals surface area (Å²) in [5.41, 5.74) is 0.693. The maximum Gasteiger partial charge on any atom is 0.327 e. The van der Waals surface area contributed by atoms with Gasteiger partial charge in [0.05, 0.1) is 13.4 Å². The summed E-state index contributed by atoms with van der Waals surface area (Å²) in [5.74, 6) is -0.472. The fraction of sp³-hybridized carbons (Fsp3) is 0.600. The highest BCUT2D eigenvalue weighted by atomic mass is 35.5. The summed E-state index contributed by atoms with van der Waals surface area (Å²) in [4.78, 5) is 29.2. The van der Waals surface area contributed by atoms with Crippen LogP contribution in [0.25, 0.3) is 0 Å². The number of methoxy groups -OCH3 is 1. The number of carbonyl (C=O) groups excluding carboxylic acids is 2. The Hall–Kier alpha value is -1.68. The van der Waals surface area contributed by atoms with E-state index in [9.17, 15) is 18.0 Å². The summed E-state index contributed by atoms with van der Waals surface area (Å²) in [5, 5.41) is 0.504. The number of nitrogens with zero attached hydrogens (tertiary/aromatic N) is 3. The van der Waals surface area contributed by atoms with Gasteiger partial charge in [0, 0.05) is 50.2 Å². The molecule has 1 atom stereocenters. The lowest BCUT2D eigenvalue weighted by Crippen LogP contribution is -2.53. The zero-order valence-corrected chi connectivity index (χ0v) is 18.9. The van der Waals surface area contributed by atoms with Crippen molar-refractivity contribution < 1.29 is 22.7 Å². The predicted octanol–water partition coefficient (Wildman–Crippen LogP) is 1.37. The molecule has 2 heterocycles. The van der Waals surface area contributed by atoms with Crippen LogP contribution < -0.4 is 0 Å². The molecule has 0 spiro atoms. The maximum atomic E-state index is 12.9. The molecule has 1 aromatic carbocycles. The third-order valence-corrected chi connectivity index (χ3v) is 7.53. The smallest absolute Gasteiger partial charge is 0.327 e. The normalized spacial score (nSPS) is 20.7. The molecule has 2 aliphatic heterocycles. The Morgan fingerprint density at radius 1 is 1.07 bits per heavy atom. The number of ether oxygens (including phenoxy) is 1. The fourth-order valence-electron chi connectivity index (χ4n) is 4.17. The van der Waals surface area contributed by atoms with Gasteiger partial charge in [-0.05, 0) is 24.5 Å². The van der Waals surface area contributed by atoms with Crippen molar-refractivity contribution in [3.8, 4) is 0 Å². The van der Waals surface area contributed by atoms with Crippen molar-refractivity contribution >= 4 is 33.5 Å². The molecule has 0 aromatic heterocycles. The van der Waals surface area contributed by atoms with E-state index >= 15 is 0 Å². The van der Waals surface area contributed by atoms with E-state index in [-0.39, 0.29) is 17.8 Å². The Bertz CT molecular complexity index is 878. The van der Waals surface area contributed by atoms with Crippen molar-refractivity contribution in [2.45, 2.75) is 18.9 Å². The number of amides is 1. The van der Waals surface area contributed by atoms with Crippen LogP contribution in [-0.2, 0) is 24.3 Å².